The van der Waals surface area contributed by atoms with E-state index in [0.29, 0.717) is 62.6 Å². The number of pyridine rings is 1. The fraction of sp³-hybridized carbons (Fsp3) is 0.333. The topological polar surface area (TPSA) is 173 Å². The fourth-order valence-electron chi connectivity index (χ4n) is 4.97. The molecule has 1 aliphatic heterocycles. The predicted octanol–water partition coefficient (Wildman–Crippen LogP) is 2.75. The van der Waals surface area contributed by atoms with Gasteiger partial charge in [-0.2, -0.15) is 0 Å². The number of aryl methyl sites for hydroxylation is 1. The van der Waals surface area contributed by atoms with Gasteiger partial charge in [-0.3, -0.25) is 9.59 Å². The summed E-state index contributed by atoms with van der Waals surface area (Å²) < 4.78 is 20.4. The summed E-state index contributed by atoms with van der Waals surface area (Å²) in [6, 6.07) is 8.40. The molecule has 1 aromatic heterocycles. The first-order chi connectivity index (χ1) is 19.9. The van der Waals surface area contributed by atoms with Crippen molar-refractivity contribution in [1.82, 2.24) is 15.2 Å². The predicted molar refractivity (Wildman–Crippen MR) is 160 cm³/mol. The lowest BCUT2D eigenvalue weighted by atomic mass is 9.84. The maximum Gasteiger partial charge on any atom is 0.256 e. The lowest BCUT2D eigenvalue weighted by Gasteiger charge is -2.27. The zero-order chi connectivity index (χ0) is 29.8. The van der Waals surface area contributed by atoms with E-state index in [1.807, 2.05) is 6.07 Å². The first-order valence-corrected chi connectivity index (χ1v) is 13.5. The van der Waals surface area contributed by atoms with Crippen LogP contribution in [0.3, 0.4) is 0 Å². The van der Waals surface area contributed by atoms with Gasteiger partial charge in [-0.15, -0.1) is 0 Å². The van der Waals surface area contributed by atoms with Crippen LogP contribution >= 0.6 is 0 Å². The van der Waals surface area contributed by atoms with Gasteiger partial charge in [-0.05, 0) is 67.3 Å². The van der Waals surface area contributed by atoms with Crippen molar-refractivity contribution < 1.29 is 18.7 Å². The first-order valence-electron chi connectivity index (χ1n) is 13.5. The number of benzene rings is 2. The third-order valence-corrected chi connectivity index (χ3v) is 6.83. The molecule has 0 bridgehead atoms. The number of nitrogen functional groups attached to an aromatic ring is 1. The molecule has 3 aromatic rings. The Hall–Kier alpha value is -4.35. The summed E-state index contributed by atoms with van der Waals surface area (Å²) in [5.74, 6) is -0.847. The third kappa shape index (κ3) is 7.44. The Balaban J connectivity index is 0.000000451. The summed E-state index contributed by atoms with van der Waals surface area (Å²) in [5, 5.41) is 11.2. The first kappa shape index (κ1) is 31.2. The fourth-order valence-corrected chi connectivity index (χ4v) is 4.97. The highest BCUT2D eigenvalue weighted by Gasteiger charge is 2.24. The van der Waals surface area contributed by atoms with Crippen molar-refractivity contribution in [2.45, 2.75) is 25.7 Å². The number of nitrogens with two attached hydrogens (primary N) is 3. The molecule has 2 heterocycles. The Morgan fingerprint density at radius 3 is 2.44 bits per heavy atom. The number of hydrogen-bond acceptors (Lipinski definition) is 8. The van der Waals surface area contributed by atoms with Crippen LogP contribution in [0.1, 0.15) is 39.9 Å². The number of carbonyl (C=O) groups excluding carboxylic acids is 2. The molecule has 2 aliphatic rings. The zero-order valence-electron chi connectivity index (χ0n) is 23.1. The summed E-state index contributed by atoms with van der Waals surface area (Å²) in [5.41, 5.74) is 21.5. The average molecular weight is 564 g/mol. The van der Waals surface area contributed by atoms with Gasteiger partial charge in [0, 0.05) is 54.6 Å². The van der Waals surface area contributed by atoms with Crippen molar-refractivity contribution in [1.29, 1.82) is 5.41 Å². The Bertz CT molecular complexity index is 1390. The lowest BCUT2D eigenvalue weighted by molar-refractivity contribution is -0.109. The smallest absolute Gasteiger partial charge is 0.256 e. The van der Waals surface area contributed by atoms with Crippen LogP contribution in [0, 0.1) is 11.2 Å². The van der Waals surface area contributed by atoms with Crippen LogP contribution in [0.2, 0.25) is 0 Å². The molecule has 2 aromatic carbocycles. The molecule has 11 heteroatoms. The Morgan fingerprint density at radius 1 is 1.17 bits per heavy atom. The average Bonchev–Trinajstić information content (AvgIpc) is 3.00. The van der Waals surface area contributed by atoms with Crippen LogP contribution in [-0.4, -0.2) is 67.8 Å². The number of amides is 2. The summed E-state index contributed by atoms with van der Waals surface area (Å²) in [6.45, 7) is 6.11. The molecular formula is C30H38FN7O3. The molecule has 10 nitrogen and oxygen atoms in total. The Kier molecular flexibility index (Phi) is 11.7. The van der Waals surface area contributed by atoms with Crippen LogP contribution in [0.15, 0.2) is 43.1 Å². The van der Waals surface area contributed by atoms with Crippen molar-refractivity contribution in [3.8, 4) is 11.3 Å². The third-order valence-electron chi connectivity index (χ3n) is 6.83. The van der Waals surface area contributed by atoms with Crippen molar-refractivity contribution >= 4 is 35.1 Å². The second-order valence-electron chi connectivity index (χ2n) is 9.43. The molecular weight excluding hydrogens is 525 g/mol. The van der Waals surface area contributed by atoms with Crippen LogP contribution in [-0.2, 0) is 22.4 Å². The molecule has 218 valence electrons. The Morgan fingerprint density at radius 2 is 1.85 bits per heavy atom. The lowest BCUT2D eigenvalue weighted by Crippen LogP contribution is -2.41. The maximum atomic E-state index is 15.1. The molecule has 41 heavy (non-hydrogen) atoms. The molecule has 0 saturated carbocycles. The molecule has 0 radical (unpaired) electrons. The summed E-state index contributed by atoms with van der Waals surface area (Å²) in [6.07, 6.45) is 6.98. The van der Waals surface area contributed by atoms with Gasteiger partial charge in [0.25, 0.3) is 5.91 Å². The van der Waals surface area contributed by atoms with E-state index in [1.54, 1.807) is 23.1 Å². The molecule has 0 spiro atoms. The van der Waals surface area contributed by atoms with Gasteiger partial charge in [0.1, 0.15) is 5.82 Å². The van der Waals surface area contributed by atoms with E-state index in [4.69, 9.17) is 26.6 Å². The number of fused-ring (bicyclic) bond motifs is 3. The molecule has 5 rings (SSSR count). The molecule has 1 fully saturated rings. The van der Waals surface area contributed by atoms with E-state index in [0.717, 1.165) is 53.4 Å². The van der Waals surface area contributed by atoms with Crippen molar-refractivity contribution in [2.75, 3.05) is 45.1 Å². The minimum absolute atomic E-state index is 0.0733. The van der Waals surface area contributed by atoms with Gasteiger partial charge in [-0.25, -0.2) is 9.37 Å². The number of rotatable bonds is 6. The van der Waals surface area contributed by atoms with E-state index in [1.165, 1.54) is 18.5 Å². The monoisotopic (exact) mass is 563 g/mol. The minimum Gasteiger partial charge on any atom is -0.405 e. The molecule has 1 saturated heterocycles. The van der Waals surface area contributed by atoms with Gasteiger partial charge in [0.05, 0.1) is 30.0 Å². The number of nitrogens with one attached hydrogen (secondary N) is 2. The standard InChI is InChI=1S/C25H25FN4O2.C3H8N2O.C2H5N/c26-20-13-15(5-6-18(20)25(31)30-9-11-32-12-10-30)24-17-4-2-1-3-16(17)23-19(14-27)21(28)7-8-22(23)29-24;4-1-2-5-3-6;1-2-3/h5-8,13-14,27H,1-4,9-12,28H2;3H,1-2,4H2,(H,5,6);2H,1,3H2. The van der Waals surface area contributed by atoms with Gasteiger partial charge >= 0.3 is 0 Å². The van der Waals surface area contributed by atoms with Gasteiger partial charge in [0.15, 0.2) is 0 Å². The number of halogens is 1. The summed E-state index contributed by atoms with van der Waals surface area (Å²) in [7, 11) is 0. The minimum atomic E-state index is -0.539. The van der Waals surface area contributed by atoms with Crippen molar-refractivity contribution in [3.63, 3.8) is 0 Å². The Labute approximate surface area is 239 Å². The molecule has 1 aliphatic carbocycles. The quantitative estimate of drug-likeness (QED) is 0.133. The number of morpholine rings is 1. The van der Waals surface area contributed by atoms with E-state index < -0.39 is 5.82 Å². The molecule has 0 unspecified atom stereocenters. The number of nitrogens with zero attached hydrogens (tertiary/aromatic N) is 2. The number of ether oxygens (including phenoxy) is 1. The highest BCUT2D eigenvalue weighted by atomic mass is 19.1. The molecule has 8 N–H and O–H groups in total. The zero-order valence-corrected chi connectivity index (χ0v) is 23.1. The van der Waals surface area contributed by atoms with Crippen molar-refractivity contribution in [2.24, 2.45) is 11.5 Å². The summed E-state index contributed by atoms with van der Waals surface area (Å²) >= 11 is 0. The highest BCUT2D eigenvalue weighted by Crippen LogP contribution is 2.37. The number of aromatic nitrogens is 1. The van der Waals surface area contributed by atoms with Gasteiger partial charge < -0.3 is 37.6 Å². The largest absolute Gasteiger partial charge is 0.405 e. The molecule has 2 amide bonds. The van der Waals surface area contributed by atoms with Gasteiger partial charge in [0.2, 0.25) is 6.41 Å². The van der Waals surface area contributed by atoms with Crippen LogP contribution in [0.5, 0.6) is 0 Å². The van der Waals surface area contributed by atoms with Crippen molar-refractivity contribution in [3.05, 3.63) is 71.2 Å². The highest BCUT2D eigenvalue weighted by molar-refractivity contribution is 6.05. The van der Waals surface area contributed by atoms with E-state index in [9.17, 15) is 9.59 Å². The SMILES string of the molecule is C=CN.N=Cc1c(N)ccc2nc(-c3ccc(C(=O)N4CCOCC4)c(F)c3)c3c(c12)CCCC3.NCCNC=O. The van der Waals surface area contributed by atoms with Gasteiger partial charge in [-0.1, -0.05) is 12.6 Å². The summed E-state index contributed by atoms with van der Waals surface area (Å²) in [4.78, 5) is 28.7. The normalized spacial score (nSPS) is 14.0. The van der Waals surface area contributed by atoms with Crippen LogP contribution < -0.4 is 22.5 Å². The number of hydrogen-bond donors (Lipinski definition) is 5. The maximum absolute atomic E-state index is 15.1. The van der Waals surface area contributed by atoms with E-state index in [2.05, 4.69) is 17.6 Å². The molecule has 0 atom stereocenters. The van der Waals surface area contributed by atoms with Crippen LogP contribution in [0.25, 0.3) is 22.2 Å². The number of anilines is 1. The second kappa shape index (κ2) is 15.4. The second-order valence-corrected chi connectivity index (χ2v) is 9.43. The van der Waals surface area contributed by atoms with E-state index >= 15 is 4.39 Å². The van der Waals surface area contributed by atoms with Crippen LogP contribution in [0.4, 0.5) is 10.1 Å². The van der Waals surface area contributed by atoms with E-state index in [-0.39, 0.29) is 11.5 Å². The number of carbonyl (C=O) groups is 2.